The van der Waals surface area contributed by atoms with Gasteiger partial charge < -0.3 is 9.73 Å². The molecule has 0 atom stereocenters. The summed E-state index contributed by atoms with van der Waals surface area (Å²) in [6, 6.07) is 15.4. The molecular weight excluding hydrogens is 302 g/mol. The molecule has 0 radical (unpaired) electrons. The molecule has 5 heteroatoms. The zero-order valence-corrected chi connectivity index (χ0v) is 13.5. The van der Waals surface area contributed by atoms with Crippen LogP contribution < -0.4 is 5.32 Å². The standard InChI is InChI=1S/C19H19N3O2/c1-14-17(22-19(24-14)15-7-3-2-4-8-15)10-11-18(23)21-13-16-9-5-6-12-20-16/h2-9,12H,10-11,13H2,1H3,(H,21,23). The van der Waals surface area contributed by atoms with Crippen molar-refractivity contribution in [2.24, 2.45) is 0 Å². The summed E-state index contributed by atoms with van der Waals surface area (Å²) in [4.78, 5) is 20.7. The van der Waals surface area contributed by atoms with Gasteiger partial charge in [0.25, 0.3) is 0 Å². The largest absolute Gasteiger partial charge is 0.441 e. The molecule has 1 N–H and O–H groups in total. The van der Waals surface area contributed by atoms with Gasteiger partial charge in [0, 0.05) is 24.6 Å². The summed E-state index contributed by atoms with van der Waals surface area (Å²) >= 11 is 0. The maximum Gasteiger partial charge on any atom is 0.226 e. The first-order valence-corrected chi connectivity index (χ1v) is 7.90. The lowest BCUT2D eigenvalue weighted by Gasteiger charge is -2.03. The topological polar surface area (TPSA) is 68.0 Å². The molecule has 0 saturated heterocycles. The summed E-state index contributed by atoms with van der Waals surface area (Å²) in [5, 5.41) is 2.87. The van der Waals surface area contributed by atoms with E-state index in [1.54, 1.807) is 6.20 Å². The molecule has 122 valence electrons. The molecule has 2 heterocycles. The molecule has 3 rings (SSSR count). The first-order chi connectivity index (χ1) is 11.7. The number of oxazole rings is 1. The van der Waals surface area contributed by atoms with Gasteiger partial charge in [0.1, 0.15) is 5.76 Å². The summed E-state index contributed by atoms with van der Waals surface area (Å²) in [6.45, 7) is 2.31. The summed E-state index contributed by atoms with van der Waals surface area (Å²) in [7, 11) is 0. The molecule has 2 aromatic heterocycles. The minimum absolute atomic E-state index is 0.0238. The Bertz CT molecular complexity index is 798. The van der Waals surface area contributed by atoms with Crippen molar-refractivity contribution in [1.82, 2.24) is 15.3 Å². The summed E-state index contributed by atoms with van der Waals surface area (Å²) < 4.78 is 5.71. The van der Waals surface area contributed by atoms with Gasteiger partial charge in [-0.05, 0) is 31.2 Å². The number of nitrogens with zero attached hydrogens (tertiary/aromatic N) is 2. The van der Waals surface area contributed by atoms with Gasteiger partial charge in [-0.25, -0.2) is 4.98 Å². The highest BCUT2D eigenvalue weighted by Gasteiger charge is 2.12. The van der Waals surface area contributed by atoms with Gasteiger partial charge in [-0.1, -0.05) is 24.3 Å². The van der Waals surface area contributed by atoms with Gasteiger partial charge in [-0.2, -0.15) is 0 Å². The zero-order valence-electron chi connectivity index (χ0n) is 13.5. The highest BCUT2D eigenvalue weighted by Crippen LogP contribution is 2.22. The molecule has 0 aliphatic carbocycles. The van der Waals surface area contributed by atoms with Gasteiger partial charge in [-0.15, -0.1) is 0 Å². The summed E-state index contributed by atoms with van der Waals surface area (Å²) in [6.07, 6.45) is 2.63. The van der Waals surface area contributed by atoms with E-state index in [4.69, 9.17) is 4.42 Å². The summed E-state index contributed by atoms with van der Waals surface area (Å²) in [5.74, 6) is 1.33. The molecule has 1 aromatic carbocycles. The fraction of sp³-hybridized carbons (Fsp3) is 0.211. The van der Waals surface area contributed by atoms with Crippen molar-refractivity contribution in [3.05, 3.63) is 71.9 Å². The van der Waals surface area contributed by atoms with Gasteiger partial charge in [0.05, 0.1) is 17.9 Å². The third-order valence-corrected chi connectivity index (χ3v) is 3.70. The molecule has 0 aliphatic heterocycles. The van der Waals surface area contributed by atoms with Gasteiger partial charge >= 0.3 is 0 Å². The fourth-order valence-corrected chi connectivity index (χ4v) is 2.38. The van der Waals surface area contributed by atoms with E-state index >= 15 is 0 Å². The monoisotopic (exact) mass is 321 g/mol. The van der Waals surface area contributed by atoms with E-state index in [1.165, 1.54) is 0 Å². The van der Waals surface area contributed by atoms with Crippen LogP contribution in [-0.4, -0.2) is 15.9 Å². The van der Waals surface area contributed by atoms with Crippen molar-refractivity contribution in [3.8, 4) is 11.5 Å². The quantitative estimate of drug-likeness (QED) is 0.756. The van der Waals surface area contributed by atoms with Crippen LogP contribution in [0, 0.1) is 6.92 Å². The number of aryl methyl sites for hydroxylation is 2. The first-order valence-electron chi connectivity index (χ1n) is 7.90. The maximum absolute atomic E-state index is 12.0. The van der Waals surface area contributed by atoms with Crippen LogP contribution in [0.25, 0.3) is 11.5 Å². The Balaban J connectivity index is 1.55. The second-order valence-corrected chi connectivity index (χ2v) is 5.49. The van der Waals surface area contributed by atoms with E-state index in [-0.39, 0.29) is 5.91 Å². The predicted octanol–water partition coefficient (Wildman–Crippen LogP) is 3.29. The number of carbonyl (C=O) groups excluding carboxylic acids is 1. The van der Waals surface area contributed by atoms with Gasteiger partial charge in [0.15, 0.2) is 0 Å². The molecule has 0 unspecified atom stereocenters. The highest BCUT2D eigenvalue weighted by atomic mass is 16.4. The Kier molecular flexibility index (Phi) is 5.01. The van der Waals surface area contributed by atoms with Crippen LogP contribution in [0.2, 0.25) is 0 Å². The predicted molar refractivity (Wildman–Crippen MR) is 91.1 cm³/mol. The van der Waals surface area contributed by atoms with Crippen LogP contribution in [0.1, 0.15) is 23.6 Å². The van der Waals surface area contributed by atoms with Gasteiger partial charge in [-0.3, -0.25) is 9.78 Å². The molecule has 24 heavy (non-hydrogen) atoms. The van der Waals surface area contributed by atoms with Crippen LogP contribution in [0.5, 0.6) is 0 Å². The zero-order chi connectivity index (χ0) is 16.8. The normalized spacial score (nSPS) is 10.5. The molecule has 5 nitrogen and oxygen atoms in total. The fourth-order valence-electron chi connectivity index (χ4n) is 2.38. The second-order valence-electron chi connectivity index (χ2n) is 5.49. The lowest BCUT2D eigenvalue weighted by molar-refractivity contribution is -0.121. The number of hydrogen-bond acceptors (Lipinski definition) is 4. The molecule has 0 bridgehead atoms. The van der Waals surface area contributed by atoms with Crippen molar-refractivity contribution >= 4 is 5.91 Å². The van der Waals surface area contributed by atoms with Crippen LogP contribution in [0.4, 0.5) is 0 Å². The van der Waals surface area contributed by atoms with E-state index in [1.807, 2.05) is 55.5 Å². The molecule has 0 aliphatic rings. The third kappa shape index (κ3) is 4.07. The van der Waals surface area contributed by atoms with Crippen LogP contribution in [-0.2, 0) is 17.8 Å². The second kappa shape index (κ2) is 7.55. The Morgan fingerprint density at radius 2 is 1.92 bits per heavy atom. The average Bonchev–Trinajstić information content (AvgIpc) is 3.01. The smallest absolute Gasteiger partial charge is 0.226 e. The van der Waals surface area contributed by atoms with E-state index in [0.717, 1.165) is 22.7 Å². The van der Waals surface area contributed by atoms with E-state index in [0.29, 0.717) is 25.3 Å². The molecule has 0 saturated carbocycles. The van der Waals surface area contributed by atoms with Crippen LogP contribution in [0.15, 0.2) is 59.1 Å². The minimum atomic E-state index is -0.0238. The van der Waals surface area contributed by atoms with E-state index < -0.39 is 0 Å². The van der Waals surface area contributed by atoms with Crippen molar-refractivity contribution in [2.75, 3.05) is 0 Å². The number of hydrogen-bond donors (Lipinski definition) is 1. The molecular formula is C19H19N3O2. The number of amides is 1. The SMILES string of the molecule is Cc1oc(-c2ccccc2)nc1CCC(=O)NCc1ccccn1. The van der Waals surface area contributed by atoms with E-state index in [2.05, 4.69) is 15.3 Å². The van der Waals surface area contributed by atoms with Crippen molar-refractivity contribution in [2.45, 2.75) is 26.3 Å². The minimum Gasteiger partial charge on any atom is -0.441 e. The Morgan fingerprint density at radius 1 is 1.12 bits per heavy atom. The molecule has 3 aromatic rings. The van der Waals surface area contributed by atoms with Crippen molar-refractivity contribution in [1.29, 1.82) is 0 Å². The van der Waals surface area contributed by atoms with Crippen molar-refractivity contribution in [3.63, 3.8) is 0 Å². The Morgan fingerprint density at radius 3 is 2.67 bits per heavy atom. The first kappa shape index (κ1) is 15.9. The van der Waals surface area contributed by atoms with Crippen molar-refractivity contribution < 1.29 is 9.21 Å². The van der Waals surface area contributed by atoms with Crippen LogP contribution in [0.3, 0.4) is 0 Å². The number of carbonyl (C=O) groups is 1. The third-order valence-electron chi connectivity index (χ3n) is 3.70. The Labute approximate surface area is 140 Å². The van der Waals surface area contributed by atoms with Gasteiger partial charge in [0.2, 0.25) is 11.8 Å². The molecule has 0 fully saturated rings. The Hall–Kier alpha value is -2.95. The van der Waals surface area contributed by atoms with E-state index in [9.17, 15) is 4.79 Å². The number of aromatic nitrogens is 2. The lowest BCUT2D eigenvalue weighted by atomic mass is 10.2. The number of benzene rings is 1. The molecule has 1 amide bonds. The number of pyridine rings is 1. The average molecular weight is 321 g/mol. The van der Waals surface area contributed by atoms with Crippen LogP contribution >= 0.6 is 0 Å². The lowest BCUT2D eigenvalue weighted by Crippen LogP contribution is -2.23. The number of rotatable bonds is 6. The maximum atomic E-state index is 12.0. The highest BCUT2D eigenvalue weighted by molar-refractivity contribution is 5.76. The summed E-state index contributed by atoms with van der Waals surface area (Å²) in [5.41, 5.74) is 2.60. The number of nitrogens with one attached hydrogen (secondary N) is 1. The molecule has 0 spiro atoms.